The predicted octanol–water partition coefficient (Wildman–Crippen LogP) is 19.6. The maximum atomic E-state index is 12.9. The van der Waals surface area contributed by atoms with Crippen LogP contribution in [0, 0.1) is 0 Å². The van der Waals surface area contributed by atoms with Gasteiger partial charge in [-0.05, 0) is 38.5 Å². The van der Waals surface area contributed by atoms with Gasteiger partial charge in [-0.15, -0.1) is 0 Å². The van der Waals surface area contributed by atoms with E-state index >= 15 is 0 Å². The molecule has 6 heteroatoms. The standard InChI is InChI=1S/C62H110O6/c1-4-7-10-13-16-19-22-25-28-30-31-32-35-37-40-43-46-49-52-55-61(64)67-58-59(57-66-60(63)54-51-48-45-42-39-36-33-27-24-21-18-15-12-9-6-3)68-62(65)56-53-50-47-44-41-38-34-29-26-23-20-17-14-11-8-5-2/h9,12,15,18,21,24,27,33,36,39,59H,4-8,10-11,13-14,16-17,19-20,22-23,25-26,28-32,34-35,37-38,40-58H2,1-3H3/b12-9-,18-15-,24-21-,33-27-,39-36-. The Morgan fingerprint density at radius 2 is 0.574 bits per heavy atom. The summed E-state index contributed by atoms with van der Waals surface area (Å²) < 4.78 is 16.9. The molecule has 0 amide bonds. The molecule has 0 fully saturated rings. The zero-order valence-electron chi connectivity index (χ0n) is 45.1. The highest BCUT2D eigenvalue weighted by atomic mass is 16.6. The molecule has 1 atom stereocenters. The Kier molecular flexibility index (Phi) is 54.3. The van der Waals surface area contributed by atoms with E-state index in [-0.39, 0.29) is 31.1 Å². The van der Waals surface area contributed by atoms with Crippen molar-refractivity contribution >= 4 is 17.9 Å². The molecule has 0 N–H and O–H groups in total. The lowest BCUT2D eigenvalue weighted by Gasteiger charge is -2.18. The summed E-state index contributed by atoms with van der Waals surface area (Å²) in [7, 11) is 0. The number of rotatable bonds is 53. The summed E-state index contributed by atoms with van der Waals surface area (Å²) in [6.07, 6.45) is 70.7. The fourth-order valence-corrected chi connectivity index (χ4v) is 8.52. The zero-order valence-corrected chi connectivity index (χ0v) is 45.1. The van der Waals surface area contributed by atoms with E-state index in [1.165, 1.54) is 186 Å². The summed E-state index contributed by atoms with van der Waals surface area (Å²) in [5.41, 5.74) is 0. The van der Waals surface area contributed by atoms with Gasteiger partial charge in [0.1, 0.15) is 13.2 Å². The lowest BCUT2D eigenvalue weighted by Crippen LogP contribution is -2.30. The summed E-state index contributed by atoms with van der Waals surface area (Å²) >= 11 is 0. The van der Waals surface area contributed by atoms with Gasteiger partial charge in [-0.25, -0.2) is 0 Å². The highest BCUT2D eigenvalue weighted by Crippen LogP contribution is 2.17. The Balaban J connectivity index is 4.38. The first-order valence-electron chi connectivity index (χ1n) is 29.4. The van der Waals surface area contributed by atoms with Gasteiger partial charge >= 0.3 is 17.9 Å². The van der Waals surface area contributed by atoms with Gasteiger partial charge in [-0.3, -0.25) is 14.4 Å². The number of esters is 3. The fraction of sp³-hybridized carbons (Fsp3) is 0.790. The molecule has 0 saturated heterocycles. The molecule has 68 heavy (non-hydrogen) atoms. The normalized spacial score (nSPS) is 12.5. The van der Waals surface area contributed by atoms with Crippen LogP contribution in [0.4, 0.5) is 0 Å². The molecule has 0 bridgehead atoms. The largest absolute Gasteiger partial charge is 0.462 e. The molecular weight excluding hydrogens is 841 g/mol. The van der Waals surface area contributed by atoms with Crippen LogP contribution in [0.2, 0.25) is 0 Å². The van der Waals surface area contributed by atoms with Crippen LogP contribution < -0.4 is 0 Å². The van der Waals surface area contributed by atoms with Gasteiger partial charge in [-0.2, -0.15) is 0 Å². The predicted molar refractivity (Wildman–Crippen MR) is 293 cm³/mol. The third-order valence-corrected chi connectivity index (χ3v) is 12.9. The van der Waals surface area contributed by atoms with Gasteiger partial charge in [-0.1, -0.05) is 300 Å². The molecule has 6 nitrogen and oxygen atoms in total. The van der Waals surface area contributed by atoms with Crippen molar-refractivity contribution in [1.82, 2.24) is 0 Å². The highest BCUT2D eigenvalue weighted by Gasteiger charge is 2.19. The minimum atomic E-state index is -0.788. The number of ether oxygens (including phenoxy) is 3. The monoisotopic (exact) mass is 951 g/mol. The van der Waals surface area contributed by atoms with Crippen molar-refractivity contribution in [3.05, 3.63) is 60.8 Å². The summed E-state index contributed by atoms with van der Waals surface area (Å²) in [5.74, 6) is -0.911. The van der Waals surface area contributed by atoms with E-state index in [2.05, 4.69) is 39.0 Å². The first-order valence-corrected chi connectivity index (χ1v) is 29.4. The van der Waals surface area contributed by atoms with Gasteiger partial charge < -0.3 is 14.2 Å². The number of hydrogen-bond acceptors (Lipinski definition) is 6. The zero-order chi connectivity index (χ0) is 49.3. The van der Waals surface area contributed by atoms with Crippen molar-refractivity contribution in [3.8, 4) is 0 Å². The van der Waals surface area contributed by atoms with Gasteiger partial charge in [0, 0.05) is 19.3 Å². The first kappa shape index (κ1) is 65.1. The number of hydrogen-bond donors (Lipinski definition) is 0. The smallest absolute Gasteiger partial charge is 0.306 e. The molecule has 0 aromatic heterocycles. The fourth-order valence-electron chi connectivity index (χ4n) is 8.52. The lowest BCUT2D eigenvalue weighted by atomic mass is 10.0. The van der Waals surface area contributed by atoms with Gasteiger partial charge in [0.15, 0.2) is 6.10 Å². The Morgan fingerprint density at radius 3 is 0.897 bits per heavy atom. The Morgan fingerprint density at radius 1 is 0.309 bits per heavy atom. The molecule has 394 valence electrons. The van der Waals surface area contributed by atoms with E-state index < -0.39 is 6.10 Å². The summed E-state index contributed by atoms with van der Waals surface area (Å²) in [6.45, 7) is 6.50. The average Bonchev–Trinajstić information content (AvgIpc) is 3.34. The summed E-state index contributed by atoms with van der Waals surface area (Å²) in [5, 5.41) is 0. The van der Waals surface area contributed by atoms with Crippen LogP contribution in [0.5, 0.6) is 0 Å². The Bertz CT molecular complexity index is 1230. The van der Waals surface area contributed by atoms with Crippen LogP contribution in [0.3, 0.4) is 0 Å². The molecule has 0 rings (SSSR count). The molecule has 0 aliphatic carbocycles. The van der Waals surface area contributed by atoms with Gasteiger partial charge in [0.05, 0.1) is 0 Å². The summed E-state index contributed by atoms with van der Waals surface area (Å²) in [6, 6.07) is 0. The second-order valence-electron chi connectivity index (χ2n) is 19.7. The van der Waals surface area contributed by atoms with Gasteiger partial charge in [0.25, 0.3) is 0 Å². The van der Waals surface area contributed by atoms with Crippen molar-refractivity contribution in [3.63, 3.8) is 0 Å². The number of carbonyl (C=O) groups is 3. The van der Waals surface area contributed by atoms with E-state index in [0.717, 1.165) is 70.6 Å². The highest BCUT2D eigenvalue weighted by molar-refractivity contribution is 5.71. The van der Waals surface area contributed by atoms with Crippen molar-refractivity contribution in [1.29, 1.82) is 0 Å². The average molecular weight is 952 g/mol. The third-order valence-electron chi connectivity index (χ3n) is 12.9. The molecule has 0 aromatic rings. The Hall–Kier alpha value is -2.89. The molecular formula is C62H110O6. The van der Waals surface area contributed by atoms with Crippen LogP contribution in [0.25, 0.3) is 0 Å². The molecule has 0 aliphatic heterocycles. The van der Waals surface area contributed by atoms with E-state index in [1.807, 2.05) is 42.5 Å². The van der Waals surface area contributed by atoms with Gasteiger partial charge in [0.2, 0.25) is 0 Å². The quantitative estimate of drug-likeness (QED) is 0.0262. The van der Waals surface area contributed by atoms with Crippen LogP contribution in [-0.2, 0) is 28.6 Å². The van der Waals surface area contributed by atoms with Crippen LogP contribution in [0.1, 0.15) is 297 Å². The second kappa shape index (κ2) is 56.7. The summed E-state index contributed by atoms with van der Waals surface area (Å²) in [4.78, 5) is 38.2. The van der Waals surface area contributed by atoms with Crippen LogP contribution in [-0.4, -0.2) is 37.2 Å². The van der Waals surface area contributed by atoms with Crippen LogP contribution in [0.15, 0.2) is 60.8 Å². The Labute approximate surface area is 421 Å². The van der Waals surface area contributed by atoms with Crippen molar-refractivity contribution < 1.29 is 28.6 Å². The maximum absolute atomic E-state index is 12.9. The minimum absolute atomic E-state index is 0.0838. The van der Waals surface area contributed by atoms with Crippen molar-refractivity contribution in [2.45, 2.75) is 303 Å². The SMILES string of the molecule is CC\C=C/C=C\C=C/C=C\C=C/CCCCCC(=O)OCC(COC(=O)CCCCCCCCCCCCCCCCCCCCC)OC(=O)CCCCCCCCCCCCCCCCCC. The number of unbranched alkanes of at least 4 members (excludes halogenated alkanes) is 36. The minimum Gasteiger partial charge on any atom is -0.462 e. The number of allylic oxidation sites excluding steroid dienone is 10. The number of carbonyl (C=O) groups excluding carboxylic acids is 3. The van der Waals surface area contributed by atoms with E-state index in [9.17, 15) is 14.4 Å². The van der Waals surface area contributed by atoms with Crippen molar-refractivity contribution in [2.24, 2.45) is 0 Å². The molecule has 1 unspecified atom stereocenters. The molecule has 0 aromatic carbocycles. The molecule has 0 saturated carbocycles. The van der Waals surface area contributed by atoms with E-state index in [4.69, 9.17) is 14.2 Å². The van der Waals surface area contributed by atoms with E-state index in [1.54, 1.807) is 0 Å². The third kappa shape index (κ3) is 54.1. The maximum Gasteiger partial charge on any atom is 0.306 e. The molecule has 0 aliphatic rings. The molecule has 0 heterocycles. The topological polar surface area (TPSA) is 78.9 Å². The lowest BCUT2D eigenvalue weighted by molar-refractivity contribution is -0.167. The van der Waals surface area contributed by atoms with Crippen LogP contribution >= 0.6 is 0 Å². The van der Waals surface area contributed by atoms with E-state index in [0.29, 0.717) is 19.3 Å². The first-order chi connectivity index (χ1) is 33.5. The molecule has 0 spiro atoms. The van der Waals surface area contributed by atoms with Crippen molar-refractivity contribution in [2.75, 3.05) is 13.2 Å². The second-order valence-corrected chi connectivity index (χ2v) is 19.7. The molecule has 0 radical (unpaired) electrons.